The lowest BCUT2D eigenvalue weighted by molar-refractivity contribution is -0.126. The van der Waals surface area contributed by atoms with Crippen molar-refractivity contribution in [1.82, 2.24) is 19.9 Å². The van der Waals surface area contributed by atoms with Crippen molar-refractivity contribution in [3.63, 3.8) is 0 Å². The molecule has 202 valence electrons. The van der Waals surface area contributed by atoms with E-state index in [4.69, 9.17) is 27.9 Å². The lowest BCUT2D eigenvalue weighted by Crippen LogP contribution is -2.45. The van der Waals surface area contributed by atoms with Crippen LogP contribution in [0.5, 0.6) is 0 Å². The minimum absolute atomic E-state index is 0.0748. The van der Waals surface area contributed by atoms with Gasteiger partial charge in [0.25, 0.3) is 5.91 Å². The fourth-order valence-electron chi connectivity index (χ4n) is 5.73. The summed E-state index contributed by atoms with van der Waals surface area (Å²) in [6, 6.07) is 14.7. The summed E-state index contributed by atoms with van der Waals surface area (Å²) in [5.41, 5.74) is 2.93. The molecule has 2 atom stereocenters. The highest BCUT2D eigenvalue weighted by Crippen LogP contribution is 2.52. The van der Waals surface area contributed by atoms with Crippen LogP contribution < -0.4 is 0 Å². The standard InChI is InChI=1S/C29H28Cl2IN5O2/c1-17(2)4-9-24-27(32)37(35-34-24)23-14-29(13-18-5-7-19(15-33)8-6-18)26(39-3)25(28(38)36(29)16-23)20-10-21(30)12-22(31)11-20/h5-8,10-12,17,23H,4,9,13-14,16H2,1-3H3/t23-,29-/m0/s1. The van der Waals surface area contributed by atoms with E-state index in [1.54, 1.807) is 37.4 Å². The maximum atomic E-state index is 14.1. The summed E-state index contributed by atoms with van der Waals surface area (Å²) in [7, 11) is 1.61. The first-order valence-electron chi connectivity index (χ1n) is 12.8. The fourth-order valence-corrected chi connectivity index (χ4v) is 7.12. The molecule has 10 heteroatoms. The van der Waals surface area contributed by atoms with Crippen molar-refractivity contribution in [1.29, 1.82) is 5.26 Å². The molecule has 5 rings (SSSR count). The van der Waals surface area contributed by atoms with E-state index in [1.165, 1.54) is 0 Å². The number of carbonyl (C=O) groups is 1. The molecular weight excluding hydrogens is 648 g/mol. The maximum absolute atomic E-state index is 14.1. The summed E-state index contributed by atoms with van der Waals surface area (Å²) in [6.07, 6.45) is 3.02. The number of rotatable bonds is 8. The first kappa shape index (κ1) is 27.9. The third-order valence-corrected chi connectivity index (χ3v) is 9.09. The zero-order chi connectivity index (χ0) is 27.9. The highest BCUT2D eigenvalue weighted by atomic mass is 127. The fraction of sp³-hybridized carbons (Fsp3) is 0.379. The molecule has 0 N–H and O–H groups in total. The van der Waals surface area contributed by atoms with E-state index in [9.17, 15) is 10.1 Å². The molecule has 2 aromatic carbocycles. The molecular formula is C29H28Cl2IN5O2. The van der Waals surface area contributed by atoms with Gasteiger partial charge in [-0.15, -0.1) is 5.10 Å². The van der Waals surface area contributed by atoms with Crippen molar-refractivity contribution < 1.29 is 9.53 Å². The topological polar surface area (TPSA) is 84.0 Å². The van der Waals surface area contributed by atoms with E-state index in [0.29, 0.717) is 57.8 Å². The number of carbonyl (C=O) groups excluding carboxylic acids is 1. The SMILES string of the molecule is COC1=C(c2cc(Cl)cc(Cl)c2)C(=O)N2C[C@@H](n3nnc(CCC(C)C)c3I)C[C@@]12Cc1ccc(C#N)cc1. The summed E-state index contributed by atoms with van der Waals surface area (Å²) in [6.45, 7) is 4.86. The predicted octanol–water partition coefficient (Wildman–Crippen LogP) is 6.48. The van der Waals surface area contributed by atoms with E-state index in [-0.39, 0.29) is 11.9 Å². The number of nitrogens with zero attached hydrogens (tertiary/aromatic N) is 5. The van der Waals surface area contributed by atoms with Gasteiger partial charge in [-0.2, -0.15) is 5.26 Å². The number of aryl methyl sites for hydroxylation is 1. The second kappa shape index (κ2) is 11.1. The number of ether oxygens (including phenoxy) is 1. The Morgan fingerprint density at radius 3 is 2.51 bits per heavy atom. The van der Waals surface area contributed by atoms with Crippen molar-refractivity contribution in [2.75, 3.05) is 13.7 Å². The zero-order valence-electron chi connectivity index (χ0n) is 21.9. The van der Waals surface area contributed by atoms with Crippen molar-refractivity contribution >= 4 is 57.3 Å². The van der Waals surface area contributed by atoms with Crippen molar-refractivity contribution in [3.8, 4) is 6.07 Å². The Bertz CT molecular complexity index is 1470. The lowest BCUT2D eigenvalue weighted by Gasteiger charge is -2.34. The molecule has 2 aliphatic heterocycles. The van der Waals surface area contributed by atoms with Crippen LogP contribution in [0.4, 0.5) is 0 Å². The quantitative estimate of drug-likeness (QED) is 0.256. The van der Waals surface area contributed by atoms with Crippen molar-refractivity contribution in [2.24, 2.45) is 5.92 Å². The first-order chi connectivity index (χ1) is 18.7. The van der Waals surface area contributed by atoms with Crippen molar-refractivity contribution in [2.45, 2.75) is 51.1 Å². The molecule has 1 amide bonds. The number of amides is 1. The number of halogens is 3. The van der Waals surface area contributed by atoms with Gasteiger partial charge in [0.2, 0.25) is 0 Å². The van der Waals surface area contributed by atoms with E-state index in [1.807, 2.05) is 21.7 Å². The van der Waals surface area contributed by atoms with Crippen molar-refractivity contribution in [3.05, 3.63) is 84.4 Å². The van der Waals surface area contributed by atoms with Gasteiger partial charge < -0.3 is 9.64 Å². The number of benzene rings is 2. The monoisotopic (exact) mass is 675 g/mol. The highest BCUT2D eigenvalue weighted by Gasteiger charge is 2.59. The zero-order valence-corrected chi connectivity index (χ0v) is 25.6. The highest BCUT2D eigenvalue weighted by molar-refractivity contribution is 14.1. The average Bonchev–Trinajstić information content (AvgIpc) is 3.51. The second-order valence-corrected chi connectivity index (χ2v) is 12.5. The molecule has 0 radical (unpaired) electrons. The lowest BCUT2D eigenvalue weighted by atomic mass is 9.85. The van der Waals surface area contributed by atoms with Gasteiger partial charge in [-0.05, 0) is 82.8 Å². The molecule has 3 aromatic rings. The Labute approximate surface area is 251 Å². The first-order valence-corrected chi connectivity index (χ1v) is 14.7. The van der Waals surface area contributed by atoms with Gasteiger partial charge >= 0.3 is 0 Å². The van der Waals surface area contributed by atoms with Crippen LogP contribution in [0, 0.1) is 20.9 Å². The van der Waals surface area contributed by atoms with Gasteiger partial charge in [0.1, 0.15) is 15.0 Å². The normalized spacial score (nSPS) is 20.6. The Hall–Kier alpha value is -2.61. The predicted molar refractivity (Wildman–Crippen MR) is 159 cm³/mol. The van der Waals surface area contributed by atoms with E-state index in [2.05, 4.69) is 52.8 Å². The molecule has 0 aliphatic carbocycles. The van der Waals surface area contributed by atoms with Gasteiger partial charge in [-0.25, -0.2) is 4.68 Å². The molecule has 0 spiro atoms. The van der Waals surface area contributed by atoms with Crippen LogP contribution in [-0.2, 0) is 22.4 Å². The summed E-state index contributed by atoms with van der Waals surface area (Å²) in [5, 5.41) is 19.2. The molecule has 1 fully saturated rings. The second-order valence-electron chi connectivity index (χ2n) is 10.6. The number of aromatic nitrogens is 3. The largest absolute Gasteiger partial charge is 0.498 e. The molecule has 1 aromatic heterocycles. The molecule has 3 heterocycles. The van der Waals surface area contributed by atoms with E-state index in [0.717, 1.165) is 27.8 Å². The summed E-state index contributed by atoms with van der Waals surface area (Å²) < 4.78 is 9.05. The average molecular weight is 676 g/mol. The van der Waals surface area contributed by atoms with Gasteiger partial charge in [0.05, 0.1) is 36.1 Å². The van der Waals surface area contributed by atoms with E-state index < -0.39 is 5.54 Å². The van der Waals surface area contributed by atoms with Crippen LogP contribution in [0.15, 0.2) is 48.2 Å². The van der Waals surface area contributed by atoms with E-state index >= 15 is 0 Å². The summed E-state index contributed by atoms with van der Waals surface area (Å²) in [4.78, 5) is 16.0. The minimum atomic E-state index is -0.748. The Morgan fingerprint density at radius 1 is 1.21 bits per heavy atom. The van der Waals surface area contributed by atoms with Crippen LogP contribution in [-0.4, -0.2) is 45.0 Å². The van der Waals surface area contributed by atoms with Gasteiger partial charge in [-0.3, -0.25) is 4.79 Å². The molecule has 39 heavy (non-hydrogen) atoms. The van der Waals surface area contributed by atoms with Crippen LogP contribution in [0.25, 0.3) is 5.57 Å². The van der Waals surface area contributed by atoms with Crippen LogP contribution in [0.2, 0.25) is 10.0 Å². The summed E-state index contributed by atoms with van der Waals surface area (Å²) in [5.74, 6) is 1.04. The molecule has 7 nitrogen and oxygen atoms in total. The molecule has 1 saturated heterocycles. The number of methoxy groups -OCH3 is 1. The Balaban J connectivity index is 1.59. The minimum Gasteiger partial charge on any atom is -0.498 e. The van der Waals surface area contributed by atoms with Crippen LogP contribution in [0.3, 0.4) is 0 Å². The maximum Gasteiger partial charge on any atom is 0.258 e. The molecule has 0 saturated carbocycles. The molecule has 0 bridgehead atoms. The number of nitriles is 1. The molecule has 0 unspecified atom stereocenters. The smallest absolute Gasteiger partial charge is 0.258 e. The summed E-state index contributed by atoms with van der Waals surface area (Å²) >= 11 is 15.0. The number of hydrogen-bond acceptors (Lipinski definition) is 5. The van der Waals surface area contributed by atoms with Crippen LogP contribution >= 0.6 is 45.8 Å². The number of fused-ring (bicyclic) bond motifs is 1. The third kappa shape index (κ3) is 5.17. The molecule has 2 aliphatic rings. The number of hydrogen-bond donors (Lipinski definition) is 0. The Morgan fingerprint density at radius 2 is 1.90 bits per heavy atom. The Kier molecular flexibility index (Phi) is 7.96. The van der Waals surface area contributed by atoms with Gasteiger partial charge in [0.15, 0.2) is 0 Å². The third-order valence-electron chi connectivity index (χ3n) is 7.53. The van der Waals surface area contributed by atoms with Gasteiger partial charge in [0, 0.05) is 29.4 Å². The van der Waals surface area contributed by atoms with Gasteiger partial charge in [-0.1, -0.05) is 54.4 Å². The van der Waals surface area contributed by atoms with Crippen LogP contribution in [0.1, 0.15) is 55.1 Å².